The second-order valence-corrected chi connectivity index (χ2v) is 2.17. The van der Waals surface area contributed by atoms with Crippen LogP contribution in [-0.4, -0.2) is 10.2 Å². The summed E-state index contributed by atoms with van der Waals surface area (Å²) in [5.41, 5.74) is 7.78. The van der Waals surface area contributed by atoms with E-state index >= 15 is 0 Å². The molecular formula is C5H8N4. The summed E-state index contributed by atoms with van der Waals surface area (Å²) in [5, 5.41) is 9.86. The number of nitrogens with one attached hydrogen (secondary N) is 2. The highest BCUT2D eigenvalue weighted by molar-refractivity contribution is 5.43. The minimum absolute atomic E-state index is 0.634. The lowest BCUT2D eigenvalue weighted by molar-refractivity contribution is 0.743. The van der Waals surface area contributed by atoms with Crippen LogP contribution in [0.5, 0.6) is 0 Å². The van der Waals surface area contributed by atoms with E-state index in [0.717, 1.165) is 24.3 Å². The Kier molecular flexibility index (Phi) is 0.790. The van der Waals surface area contributed by atoms with Gasteiger partial charge in [-0.15, -0.1) is 0 Å². The Bertz CT molecular complexity index is 227. The average Bonchev–Trinajstić information content (AvgIpc) is 2.35. The number of rotatable bonds is 0. The number of nitrogens with zero attached hydrogens (tertiary/aromatic N) is 1. The van der Waals surface area contributed by atoms with E-state index in [0.29, 0.717) is 5.82 Å². The molecule has 4 nitrogen and oxygen atoms in total. The van der Waals surface area contributed by atoms with Crippen LogP contribution in [0.3, 0.4) is 0 Å². The van der Waals surface area contributed by atoms with Crippen LogP contribution >= 0.6 is 0 Å². The number of H-pyrrole nitrogens is 1. The van der Waals surface area contributed by atoms with Gasteiger partial charge in [0.2, 0.25) is 0 Å². The minimum Gasteiger partial charge on any atom is -0.382 e. The van der Waals surface area contributed by atoms with Crippen molar-refractivity contribution in [3.05, 3.63) is 11.3 Å². The summed E-state index contributed by atoms with van der Waals surface area (Å²) < 4.78 is 0. The fourth-order valence-corrected chi connectivity index (χ4v) is 1.07. The van der Waals surface area contributed by atoms with Crippen LogP contribution in [0.1, 0.15) is 11.3 Å². The number of aromatic amines is 1. The molecule has 0 radical (unpaired) electrons. The zero-order valence-electron chi connectivity index (χ0n) is 4.94. The van der Waals surface area contributed by atoms with Crippen LogP contribution in [0.4, 0.5) is 5.82 Å². The maximum Gasteiger partial charge on any atom is 0.150 e. The van der Waals surface area contributed by atoms with Gasteiger partial charge in [0, 0.05) is 18.7 Å². The molecule has 2 heterocycles. The lowest BCUT2D eigenvalue weighted by atomic mass is 10.3. The van der Waals surface area contributed by atoms with Crippen LogP contribution in [0.2, 0.25) is 0 Å². The first-order chi connectivity index (χ1) is 4.38. The van der Waals surface area contributed by atoms with Gasteiger partial charge in [0.05, 0.1) is 5.69 Å². The van der Waals surface area contributed by atoms with E-state index in [1.54, 1.807) is 0 Å². The van der Waals surface area contributed by atoms with Gasteiger partial charge in [0.15, 0.2) is 0 Å². The Balaban J connectivity index is 2.56. The molecule has 0 atom stereocenters. The second kappa shape index (κ2) is 1.48. The third kappa shape index (κ3) is 0.533. The Hall–Kier alpha value is -1.03. The van der Waals surface area contributed by atoms with Gasteiger partial charge in [-0.05, 0) is 0 Å². The summed E-state index contributed by atoms with van der Waals surface area (Å²) in [7, 11) is 0. The van der Waals surface area contributed by atoms with E-state index in [4.69, 9.17) is 5.73 Å². The summed E-state index contributed by atoms with van der Waals surface area (Å²) >= 11 is 0. The predicted molar refractivity (Wildman–Crippen MR) is 33.5 cm³/mol. The molecule has 2 rings (SSSR count). The second-order valence-electron chi connectivity index (χ2n) is 2.17. The van der Waals surface area contributed by atoms with Gasteiger partial charge in [-0.25, -0.2) is 0 Å². The summed E-state index contributed by atoms with van der Waals surface area (Å²) in [6.07, 6.45) is 0. The maximum absolute atomic E-state index is 5.51. The number of anilines is 1. The minimum atomic E-state index is 0.634. The fourth-order valence-electron chi connectivity index (χ4n) is 1.07. The number of nitrogens with two attached hydrogens (primary N) is 1. The first-order valence-electron chi connectivity index (χ1n) is 2.90. The van der Waals surface area contributed by atoms with Crippen molar-refractivity contribution in [3.63, 3.8) is 0 Å². The van der Waals surface area contributed by atoms with E-state index in [9.17, 15) is 0 Å². The highest BCUT2D eigenvalue weighted by Crippen LogP contribution is 2.17. The summed E-state index contributed by atoms with van der Waals surface area (Å²) in [6.45, 7) is 1.73. The molecule has 1 aromatic heterocycles. The Labute approximate surface area is 52.4 Å². The van der Waals surface area contributed by atoms with Gasteiger partial charge in [0.1, 0.15) is 5.82 Å². The van der Waals surface area contributed by atoms with Gasteiger partial charge in [0.25, 0.3) is 0 Å². The molecule has 0 spiro atoms. The SMILES string of the molecule is Nc1n[nH]c2c1CNC2. The van der Waals surface area contributed by atoms with Crippen LogP contribution in [0.25, 0.3) is 0 Å². The molecule has 0 fully saturated rings. The van der Waals surface area contributed by atoms with Gasteiger partial charge in [-0.2, -0.15) is 5.10 Å². The van der Waals surface area contributed by atoms with Crippen molar-refractivity contribution >= 4 is 5.82 Å². The highest BCUT2D eigenvalue weighted by Gasteiger charge is 2.14. The van der Waals surface area contributed by atoms with Crippen molar-refractivity contribution in [3.8, 4) is 0 Å². The van der Waals surface area contributed by atoms with Crippen molar-refractivity contribution in [1.82, 2.24) is 15.5 Å². The maximum atomic E-state index is 5.51. The monoisotopic (exact) mass is 124 g/mol. The standard InChI is InChI=1S/C5H8N4/c6-5-3-1-7-2-4(3)8-9-5/h7H,1-2H2,(H3,6,8,9). The highest BCUT2D eigenvalue weighted by atomic mass is 15.2. The first-order valence-corrected chi connectivity index (χ1v) is 2.90. The zero-order chi connectivity index (χ0) is 6.27. The van der Waals surface area contributed by atoms with Gasteiger partial charge in [-0.1, -0.05) is 0 Å². The molecule has 0 amide bonds. The molecule has 1 aromatic rings. The van der Waals surface area contributed by atoms with Crippen molar-refractivity contribution in [2.75, 3.05) is 5.73 Å². The molecule has 4 heteroatoms. The molecule has 1 aliphatic heterocycles. The van der Waals surface area contributed by atoms with Crippen molar-refractivity contribution in [1.29, 1.82) is 0 Å². The molecule has 0 bridgehead atoms. The van der Waals surface area contributed by atoms with E-state index in [-0.39, 0.29) is 0 Å². The molecule has 9 heavy (non-hydrogen) atoms. The largest absolute Gasteiger partial charge is 0.382 e. The van der Waals surface area contributed by atoms with Crippen molar-refractivity contribution in [2.45, 2.75) is 13.1 Å². The predicted octanol–water partition coefficient (Wildman–Crippen LogP) is -0.405. The smallest absolute Gasteiger partial charge is 0.150 e. The summed E-state index contributed by atoms with van der Waals surface area (Å²) in [4.78, 5) is 0. The van der Waals surface area contributed by atoms with Crippen LogP contribution < -0.4 is 11.1 Å². The Morgan fingerprint density at radius 3 is 3.11 bits per heavy atom. The summed E-state index contributed by atoms with van der Waals surface area (Å²) in [5.74, 6) is 0.634. The number of aromatic nitrogens is 2. The molecule has 1 aliphatic rings. The van der Waals surface area contributed by atoms with Gasteiger partial charge >= 0.3 is 0 Å². The molecule has 0 saturated heterocycles. The molecule has 0 aliphatic carbocycles. The van der Waals surface area contributed by atoms with Crippen LogP contribution in [-0.2, 0) is 13.1 Å². The molecular weight excluding hydrogens is 116 g/mol. The van der Waals surface area contributed by atoms with Crippen molar-refractivity contribution in [2.24, 2.45) is 0 Å². The van der Waals surface area contributed by atoms with E-state index in [1.165, 1.54) is 0 Å². The third-order valence-corrected chi connectivity index (χ3v) is 1.59. The van der Waals surface area contributed by atoms with Crippen LogP contribution in [0.15, 0.2) is 0 Å². The van der Waals surface area contributed by atoms with Gasteiger partial charge < -0.3 is 11.1 Å². The van der Waals surface area contributed by atoms with Gasteiger partial charge in [-0.3, -0.25) is 5.10 Å². The lowest BCUT2D eigenvalue weighted by Gasteiger charge is -1.86. The molecule has 0 aromatic carbocycles. The average molecular weight is 124 g/mol. The fraction of sp³-hybridized carbons (Fsp3) is 0.400. The Morgan fingerprint density at radius 1 is 1.44 bits per heavy atom. The summed E-state index contributed by atoms with van der Waals surface area (Å²) in [6, 6.07) is 0. The van der Waals surface area contributed by atoms with E-state index < -0.39 is 0 Å². The normalized spacial score (nSPS) is 16.0. The van der Waals surface area contributed by atoms with Crippen LogP contribution in [0, 0.1) is 0 Å². The molecule has 4 N–H and O–H groups in total. The lowest BCUT2D eigenvalue weighted by Crippen LogP contribution is -2.03. The first kappa shape index (κ1) is 4.81. The molecule has 48 valence electrons. The third-order valence-electron chi connectivity index (χ3n) is 1.59. The molecule has 0 unspecified atom stereocenters. The molecule has 0 saturated carbocycles. The zero-order valence-corrected chi connectivity index (χ0v) is 4.94. The quantitative estimate of drug-likeness (QED) is 0.440. The number of nitrogen functional groups attached to an aromatic ring is 1. The van der Waals surface area contributed by atoms with Crippen molar-refractivity contribution < 1.29 is 0 Å². The number of fused-ring (bicyclic) bond motifs is 1. The van der Waals surface area contributed by atoms with E-state index in [2.05, 4.69) is 15.5 Å². The number of hydrogen-bond acceptors (Lipinski definition) is 3. The van der Waals surface area contributed by atoms with E-state index in [1.807, 2.05) is 0 Å². The topological polar surface area (TPSA) is 66.7 Å². The number of hydrogen-bond donors (Lipinski definition) is 3. The Morgan fingerprint density at radius 2 is 2.33 bits per heavy atom.